The summed E-state index contributed by atoms with van der Waals surface area (Å²) in [5, 5.41) is 14.3. The Morgan fingerprint density at radius 1 is 0.744 bits per heavy atom. The summed E-state index contributed by atoms with van der Waals surface area (Å²) in [4.78, 5) is 2.40. The van der Waals surface area contributed by atoms with Crippen LogP contribution >= 0.6 is 23.5 Å². The van der Waals surface area contributed by atoms with Gasteiger partial charge in [0, 0.05) is 37.4 Å². The van der Waals surface area contributed by atoms with Gasteiger partial charge in [0.15, 0.2) is 5.60 Å². The smallest absolute Gasteiger partial charge is 0.178 e. The molecule has 2 aliphatic rings. The Hall–Kier alpha value is -3.84. The Morgan fingerprint density at radius 2 is 1.30 bits per heavy atom. The molecule has 5 aromatic rings. The van der Waals surface area contributed by atoms with Crippen LogP contribution in [0.1, 0.15) is 34.7 Å². The fourth-order valence-corrected chi connectivity index (χ4v) is 8.16. The van der Waals surface area contributed by atoms with Crippen LogP contribution in [0.5, 0.6) is 17.2 Å². The number of methoxy groups -OCH3 is 2. The number of ether oxygens (including phenoxy) is 3. The van der Waals surface area contributed by atoms with Crippen LogP contribution in [-0.2, 0) is 11.2 Å². The van der Waals surface area contributed by atoms with E-state index in [2.05, 4.69) is 67.1 Å². The van der Waals surface area contributed by atoms with Gasteiger partial charge in [0.2, 0.25) is 0 Å². The third-order valence-corrected chi connectivity index (χ3v) is 10.5. The average Bonchev–Trinajstić information content (AvgIpc) is 3.30. The lowest BCUT2D eigenvalue weighted by Crippen LogP contribution is -2.35. The molecule has 0 bridgehead atoms. The highest BCUT2D eigenvalue weighted by molar-refractivity contribution is 8.01. The van der Waals surface area contributed by atoms with E-state index in [9.17, 15) is 5.11 Å². The lowest BCUT2D eigenvalue weighted by molar-refractivity contribution is 0.105. The molecular weight excluding hydrogens is 573 g/mol. The van der Waals surface area contributed by atoms with Crippen molar-refractivity contribution in [1.82, 2.24) is 0 Å². The second-order valence-electron chi connectivity index (χ2n) is 11.0. The van der Waals surface area contributed by atoms with Crippen molar-refractivity contribution < 1.29 is 19.3 Å². The van der Waals surface area contributed by atoms with E-state index in [0.717, 1.165) is 67.0 Å². The quantitative estimate of drug-likeness (QED) is 0.195. The predicted octanol–water partition coefficient (Wildman–Crippen LogP) is 8.89. The zero-order chi connectivity index (χ0) is 29.9. The Bertz CT molecular complexity index is 1860. The van der Waals surface area contributed by atoms with Crippen LogP contribution in [0.4, 0.5) is 0 Å². The molecule has 5 aromatic carbocycles. The molecule has 0 spiro atoms. The van der Waals surface area contributed by atoms with E-state index in [1.807, 2.05) is 49.4 Å². The molecule has 1 atom stereocenters. The maximum atomic E-state index is 12.2. The van der Waals surface area contributed by atoms with Crippen molar-refractivity contribution in [3.63, 3.8) is 0 Å². The molecule has 6 heteroatoms. The molecule has 0 fully saturated rings. The average molecular weight is 605 g/mol. The van der Waals surface area contributed by atoms with Gasteiger partial charge in [0.25, 0.3) is 0 Å². The summed E-state index contributed by atoms with van der Waals surface area (Å²) >= 11 is 3.47. The molecule has 4 nitrogen and oxygen atoms in total. The summed E-state index contributed by atoms with van der Waals surface area (Å²) in [5.74, 6) is 2.32. The minimum atomic E-state index is -1.18. The Labute approximate surface area is 260 Å². The first kappa shape index (κ1) is 28.0. The highest BCUT2D eigenvalue weighted by Crippen LogP contribution is 2.58. The molecule has 216 valence electrons. The molecule has 1 unspecified atom stereocenters. The first-order valence-corrected chi connectivity index (χ1v) is 16.6. The lowest BCUT2D eigenvalue weighted by atomic mass is 9.80. The number of hydrogen-bond donors (Lipinski definition) is 1. The number of thioether (sulfide) groups is 2. The van der Waals surface area contributed by atoms with Crippen LogP contribution in [0.25, 0.3) is 28.0 Å². The van der Waals surface area contributed by atoms with Crippen molar-refractivity contribution in [1.29, 1.82) is 0 Å². The molecule has 0 saturated carbocycles. The third kappa shape index (κ3) is 4.11. The zero-order valence-electron chi connectivity index (χ0n) is 24.7. The summed E-state index contributed by atoms with van der Waals surface area (Å²) in [5.41, 5.74) is 4.67. The van der Waals surface area contributed by atoms with Crippen LogP contribution < -0.4 is 14.2 Å². The van der Waals surface area contributed by atoms with Gasteiger partial charge in [-0.3, -0.25) is 0 Å². The van der Waals surface area contributed by atoms with E-state index in [-0.39, 0.29) is 0 Å². The van der Waals surface area contributed by atoms with Crippen LogP contribution in [-0.4, -0.2) is 31.8 Å². The van der Waals surface area contributed by atoms with Crippen molar-refractivity contribution in [2.75, 3.05) is 26.7 Å². The number of aliphatic hydroxyl groups is 1. The topological polar surface area (TPSA) is 47.9 Å². The molecule has 0 saturated heterocycles. The van der Waals surface area contributed by atoms with E-state index < -0.39 is 11.2 Å². The minimum Gasteiger partial charge on any atom is -0.497 e. The SMILES string of the molecule is COc1ccc(C2(c3ccc(OC)cc3)C=Cc3c4c(c5cc(SC)c(SC)cc5c3O2)-c2ccccc2C4(C)O)cc1. The van der Waals surface area contributed by atoms with Crippen LogP contribution in [0, 0.1) is 0 Å². The van der Waals surface area contributed by atoms with Crippen molar-refractivity contribution in [2.24, 2.45) is 0 Å². The van der Waals surface area contributed by atoms with Gasteiger partial charge in [-0.1, -0.05) is 54.6 Å². The van der Waals surface area contributed by atoms with E-state index >= 15 is 0 Å². The molecular formula is C37H32O4S2. The molecule has 0 radical (unpaired) electrons. The zero-order valence-corrected chi connectivity index (χ0v) is 26.4. The van der Waals surface area contributed by atoms with Gasteiger partial charge in [0.1, 0.15) is 22.8 Å². The largest absolute Gasteiger partial charge is 0.497 e. The minimum absolute atomic E-state index is 0.763. The molecule has 1 heterocycles. The Morgan fingerprint density at radius 3 is 1.86 bits per heavy atom. The van der Waals surface area contributed by atoms with Crippen molar-refractivity contribution in [3.05, 3.63) is 119 Å². The van der Waals surface area contributed by atoms with Gasteiger partial charge >= 0.3 is 0 Å². The van der Waals surface area contributed by atoms with Gasteiger partial charge in [-0.2, -0.15) is 0 Å². The maximum absolute atomic E-state index is 12.2. The fourth-order valence-electron chi connectivity index (χ4n) is 6.67. The van der Waals surface area contributed by atoms with Crippen LogP contribution in [0.2, 0.25) is 0 Å². The van der Waals surface area contributed by atoms with E-state index in [4.69, 9.17) is 14.2 Å². The molecule has 1 aliphatic carbocycles. The van der Waals surface area contributed by atoms with E-state index in [1.54, 1.807) is 37.7 Å². The number of rotatable bonds is 6. The van der Waals surface area contributed by atoms with Crippen molar-refractivity contribution in [2.45, 2.75) is 27.9 Å². The molecule has 7 rings (SSSR count). The van der Waals surface area contributed by atoms with Crippen molar-refractivity contribution >= 4 is 40.4 Å². The second kappa shape index (κ2) is 10.4. The van der Waals surface area contributed by atoms with Gasteiger partial charge in [0.05, 0.1) is 14.2 Å². The lowest BCUT2D eigenvalue weighted by Gasteiger charge is -2.38. The molecule has 1 N–H and O–H groups in total. The predicted molar refractivity (Wildman–Crippen MR) is 178 cm³/mol. The number of hydrogen-bond acceptors (Lipinski definition) is 6. The first-order valence-electron chi connectivity index (χ1n) is 14.1. The monoisotopic (exact) mass is 604 g/mol. The Kier molecular flexibility index (Phi) is 6.77. The van der Waals surface area contributed by atoms with Gasteiger partial charge in [-0.15, -0.1) is 23.5 Å². The fraction of sp³-hybridized carbons (Fsp3) is 0.189. The van der Waals surface area contributed by atoms with Crippen molar-refractivity contribution in [3.8, 4) is 28.4 Å². The highest BCUT2D eigenvalue weighted by Gasteiger charge is 2.45. The summed E-state index contributed by atoms with van der Waals surface area (Å²) in [6, 6.07) is 28.8. The van der Waals surface area contributed by atoms with Gasteiger partial charge < -0.3 is 19.3 Å². The number of benzene rings is 5. The standard InChI is InChI=1S/C37H32O4S2/c1-36(38)30-9-7-6-8-26(30)33-28-20-31(42-4)32(43-5)21-29(28)35-27(34(33)36)18-19-37(41-35,22-10-14-24(39-2)15-11-22)23-12-16-25(40-3)17-13-23/h6-21,38H,1-5H3. The number of fused-ring (bicyclic) bond motifs is 8. The summed E-state index contributed by atoms with van der Waals surface area (Å²) in [7, 11) is 3.34. The van der Waals surface area contributed by atoms with Crippen LogP contribution in [0.15, 0.2) is 101 Å². The van der Waals surface area contributed by atoms with Gasteiger partial charge in [-0.05, 0) is 84.0 Å². The third-order valence-electron chi connectivity index (χ3n) is 8.79. The second-order valence-corrected chi connectivity index (χ2v) is 12.7. The van der Waals surface area contributed by atoms with E-state index in [1.165, 1.54) is 9.79 Å². The summed E-state index contributed by atoms with van der Waals surface area (Å²) in [6.07, 6.45) is 8.49. The Balaban J connectivity index is 1.57. The molecule has 43 heavy (non-hydrogen) atoms. The summed E-state index contributed by atoms with van der Waals surface area (Å²) < 4.78 is 18.3. The van der Waals surface area contributed by atoms with Crippen LogP contribution in [0.3, 0.4) is 0 Å². The first-order chi connectivity index (χ1) is 20.9. The molecule has 0 amide bonds. The van der Waals surface area contributed by atoms with E-state index in [0.29, 0.717) is 0 Å². The normalized spacial score (nSPS) is 17.6. The molecule has 0 aromatic heterocycles. The van der Waals surface area contributed by atoms with Gasteiger partial charge in [-0.25, -0.2) is 0 Å². The molecule has 1 aliphatic heterocycles. The maximum Gasteiger partial charge on any atom is 0.178 e. The summed E-state index contributed by atoms with van der Waals surface area (Å²) in [6.45, 7) is 1.90. The highest BCUT2D eigenvalue weighted by atomic mass is 32.2.